The van der Waals surface area contributed by atoms with Crippen molar-refractivity contribution in [3.05, 3.63) is 35.4 Å². The van der Waals surface area contributed by atoms with Gasteiger partial charge in [0.25, 0.3) is 6.43 Å². The van der Waals surface area contributed by atoms with Crippen LogP contribution in [0.15, 0.2) is 24.3 Å². The van der Waals surface area contributed by atoms with Crippen molar-refractivity contribution in [1.29, 1.82) is 0 Å². The van der Waals surface area contributed by atoms with Gasteiger partial charge in [-0.2, -0.15) is 0 Å². The predicted octanol–water partition coefficient (Wildman–Crippen LogP) is 3.27. The Morgan fingerprint density at radius 3 is 2.42 bits per heavy atom. The molecule has 2 nitrogen and oxygen atoms in total. The SMILES string of the molecule is CN(Cc1cccc(CNC(C)(C)C)c1)CC(F)F. The van der Waals surface area contributed by atoms with Crippen LogP contribution in [0, 0.1) is 0 Å². The van der Waals surface area contributed by atoms with Crippen molar-refractivity contribution < 1.29 is 8.78 Å². The molecule has 1 N–H and O–H groups in total. The number of hydrogen-bond donors (Lipinski definition) is 1. The van der Waals surface area contributed by atoms with Crippen molar-refractivity contribution in [2.24, 2.45) is 0 Å². The molecule has 0 aliphatic heterocycles. The molecule has 0 aliphatic rings. The van der Waals surface area contributed by atoms with Gasteiger partial charge in [-0.25, -0.2) is 8.78 Å². The molecule has 0 saturated carbocycles. The Morgan fingerprint density at radius 1 is 1.21 bits per heavy atom. The average Bonchev–Trinajstić information content (AvgIpc) is 2.24. The molecule has 0 spiro atoms. The summed E-state index contributed by atoms with van der Waals surface area (Å²) in [5.74, 6) is 0. The highest BCUT2D eigenvalue weighted by Crippen LogP contribution is 2.10. The smallest absolute Gasteiger partial charge is 0.251 e. The maximum absolute atomic E-state index is 12.3. The molecule has 1 aromatic rings. The van der Waals surface area contributed by atoms with Crippen LogP contribution in [0.1, 0.15) is 31.9 Å². The Morgan fingerprint density at radius 2 is 1.84 bits per heavy atom. The van der Waals surface area contributed by atoms with Gasteiger partial charge in [0.2, 0.25) is 0 Å². The Balaban J connectivity index is 2.57. The second-order valence-electron chi connectivity index (χ2n) is 6.01. The minimum atomic E-state index is -2.28. The first-order valence-electron chi connectivity index (χ1n) is 6.56. The molecule has 0 fully saturated rings. The van der Waals surface area contributed by atoms with Crippen LogP contribution in [-0.4, -0.2) is 30.5 Å². The lowest BCUT2D eigenvalue weighted by molar-refractivity contribution is 0.0975. The maximum atomic E-state index is 12.3. The van der Waals surface area contributed by atoms with E-state index in [-0.39, 0.29) is 12.1 Å². The Kier molecular flexibility index (Phi) is 5.88. The first-order chi connectivity index (χ1) is 8.76. The van der Waals surface area contributed by atoms with Crippen molar-refractivity contribution in [3.8, 4) is 0 Å². The molecule has 0 atom stereocenters. The summed E-state index contributed by atoms with van der Waals surface area (Å²) in [6.45, 7) is 7.50. The lowest BCUT2D eigenvalue weighted by Gasteiger charge is -2.21. The third kappa shape index (κ3) is 7.23. The summed E-state index contributed by atoms with van der Waals surface area (Å²) in [5.41, 5.74) is 2.32. The molecule has 1 aromatic carbocycles. The van der Waals surface area contributed by atoms with Gasteiger partial charge in [-0.3, -0.25) is 4.90 Å². The zero-order valence-electron chi connectivity index (χ0n) is 12.2. The quantitative estimate of drug-likeness (QED) is 0.853. The first kappa shape index (κ1) is 16.1. The molecule has 0 bridgehead atoms. The number of rotatable bonds is 6. The molecule has 108 valence electrons. The largest absolute Gasteiger partial charge is 0.308 e. The van der Waals surface area contributed by atoms with Gasteiger partial charge >= 0.3 is 0 Å². The summed E-state index contributed by atoms with van der Waals surface area (Å²) in [4.78, 5) is 1.64. The minimum absolute atomic E-state index is 0.0719. The van der Waals surface area contributed by atoms with Crippen LogP contribution < -0.4 is 5.32 Å². The maximum Gasteiger partial charge on any atom is 0.251 e. The molecule has 4 heteroatoms. The van der Waals surface area contributed by atoms with Crippen molar-refractivity contribution in [2.75, 3.05) is 13.6 Å². The number of hydrogen-bond acceptors (Lipinski definition) is 2. The summed E-state index contributed by atoms with van der Waals surface area (Å²) < 4.78 is 24.5. The van der Waals surface area contributed by atoms with Crippen LogP contribution in [0.4, 0.5) is 8.78 Å². The van der Waals surface area contributed by atoms with Gasteiger partial charge in [0.1, 0.15) is 0 Å². The van der Waals surface area contributed by atoms with Gasteiger partial charge in [0.15, 0.2) is 0 Å². The van der Waals surface area contributed by atoms with E-state index in [0.717, 1.165) is 12.1 Å². The van der Waals surface area contributed by atoms with Crippen molar-refractivity contribution in [1.82, 2.24) is 10.2 Å². The summed E-state index contributed by atoms with van der Waals surface area (Å²) in [7, 11) is 1.71. The van der Waals surface area contributed by atoms with Crippen LogP contribution in [0.3, 0.4) is 0 Å². The van der Waals surface area contributed by atoms with E-state index in [0.29, 0.717) is 6.54 Å². The molecule has 0 heterocycles. The first-order valence-corrected chi connectivity index (χ1v) is 6.56. The van der Waals surface area contributed by atoms with Gasteiger partial charge in [0, 0.05) is 18.6 Å². The molecule has 0 amide bonds. The van der Waals surface area contributed by atoms with Gasteiger partial charge in [-0.05, 0) is 38.9 Å². The molecule has 19 heavy (non-hydrogen) atoms. The fourth-order valence-electron chi connectivity index (χ4n) is 1.82. The molecule has 0 radical (unpaired) electrons. The molecule has 0 aliphatic carbocycles. The molecule has 0 saturated heterocycles. The van der Waals surface area contributed by atoms with Gasteiger partial charge < -0.3 is 5.32 Å². The highest BCUT2D eigenvalue weighted by molar-refractivity contribution is 5.23. The topological polar surface area (TPSA) is 15.3 Å². The number of halogens is 2. The van der Waals surface area contributed by atoms with Crippen LogP contribution in [-0.2, 0) is 13.1 Å². The number of nitrogens with one attached hydrogen (secondary N) is 1. The van der Waals surface area contributed by atoms with Crippen molar-refractivity contribution in [3.63, 3.8) is 0 Å². The van der Waals surface area contributed by atoms with E-state index in [4.69, 9.17) is 0 Å². The molecular weight excluding hydrogens is 246 g/mol. The van der Waals surface area contributed by atoms with E-state index in [1.807, 2.05) is 12.1 Å². The third-order valence-corrected chi connectivity index (χ3v) is 2.72. The zero-order chi connectivity index (χ0) is 14.5. The van der Waals surface area contributed by atoms with Gasteiger partial charge in [-0.1, -0.05) is 24.3 Å². The molecular formula is C15H24F2N2. The zero-order valence-corrected chi connectivity index (χ0v) is 12.2. The monoisotopic (exact) mass is 270 g/mol. The summed E-state index contributed by atoms with van der Waals surface area (Å²) in [5, 5.41) is 3.42. The normalized spacial score (nSPS) is 12.4. The van der Waals surface area contributed by atoms with E-state index in [2.05, 4.69) is 38.2 Å². The highest BCUT2D eigenvalue weighted by atomic mass is 19.3. The molecule has 0 unspecified atom stereocenters. The van der Waals surface area contributed by atoms with E-state index < -0.39 is 6.43 Å². The lowest BCUT2D eigenvalue weighted by Crippen LogP contribution is -2.35. The predicted molar refractivity (Wildman–Crippen MR) is 75.4 cm³/mol. The number of nitrogens with zero attached hydrogens (tertiary/aromatic N) is 1. The Hall–Kier alpha value is -1.00. The summed E-state index contributed by atoms with van der Waals surface area (Å²) in [6, 6.07) is 8.07. The van der Waals surface area contributed by atoms with E-state index in [1.165, 1.54) is 5.56 Å². The third-order valence-electron chi connectivity index (χ3n) is 2.72. The highest BCUT2D eigenvalue weighted by Gasteiger charge is 2.10. The van der Waals surface area contributed by atoms with Gasteiger partial charge in [-0.15, -0.1) is 0 Å². The second-order valence-corrected chi connectivity index (χ2v) is 6.01. The lowest BCUT2D eigenvalue weighted by atomic mass is 10.1. The van der Waals surface area contributed by atoms with E-state index in [9.17, 15) is 8.78 Å². The molecule has 0 aromatic heterocycles. The number of benzene rings is 1. The van der Waals surface area contributed by atoms with Crippen LogP contribution in [0.2, 0.25) is 0 Å². The molecule has 1 rings (SSSR count). The van der Waals surface area contributed by atoms with Crippen LogP contribution in [0.25, 0.3) is 0 Å². The fourth-order valence-corrected chi connectivity index (χ4v) is 1.82. The fraction of sp³-hybridized carbons (Fsp3) is 0.600. The van der Waals surface area contributed by atoms with Crippen molar-refractivity contribution >= 4 is 0 Å². The van der Waals surface area contributed by atoms with E-state index in [1.54, 1.807) is 11.9 Å². The number of alkyl halides is 2. The van der Waals surface area contributed by atoms with Crippen LogP contribution in [0.5, 0.6) is 0 Å². The van der Waals surface area contributed by atoms with E-state index >= 15 is 0 Å². The van der Waals surface area contributed by atoms with Crippen molar-refractivity contribution in [2.45, 2.75) is 45.8 Å². The summed E-state index contributed by atoms with van der Waals surface area (Å²) >= 11 is 0. The average molecular weight is 270 g/mol. The standard InChI is InChI=1S/C15H24F2N2/c1-15(2,3)18-9-12-6-5-7-13(8-12)10-19(4)11-14(16)17/h5-8,14,18H,9-11H2,1-4H3. The van der Waals surface area contributed by atoms with Gasteiger partial charge in [0.05, 0.1) is 6.54 Å². The second kappa shape index (κ2) is 6.96. The summed E-state index contributed by atoms with van der Waals surface area (Å²) in [6.07, 6.45) is -2.28. The van der Waals surface area contributed by atoms with Crippen LogP contribution >= 0.6 is 0 Å². The Labute approximate surface area is 114 Å². The minimum Gasteiger partial charge on any atom is -0.308 e. The Bertz CT molecular complexity index is 386.